The van der Waals surface area contributed by atoms with Gasteiger partial charge in [-0.05, 0) is 52.0 Å². The van der Waals surface area contributed by atoms with Crippen LogP contribution in [0.3, 0.4) is 0 Å². The molecule has 0 spiro atoms. The first kappa shape index (κ1) is 24.2. The number of anilines is 2. The number of halogens is 1. The maximum atomic E-state index is 13.2. The summed E-state index contributed by atoms with van der Waals surface area (Å²) < 4.78 is 10.8. The molecule has 0 bridgehead atoms. The SMILES string of the molecule is COc1cc2nc(N3CCC(C(=O)N4C(C)CCCC4C)CC3)nc(N)c2cc1OC.Cl. The maximum Gasteiger partial charge on any atom is 0.227 e. The first-order valence-corrected chi connectivity index (χ1v) is 11.2. The van der Waals surface area contributed by atoms with Crippen molar-refractivity contribution in [2.75, 3.05) is 37.9 Å². The van der Waals surface area contributed by atoms with Gasteiger partial charge in [0.1, 0.15) is 5.82 Å². The van der Waals surface area contributed by atoms with Crippen LogP contribution in [0.2, 0.25) is 0 Å². The lowest BCUT2D eigenvalue weighted by atomic mass is 9.90. The zero-order valence-corrected chi connectivity index (χ0v) is 20.2. The quantitative estimate of drug-likeness (QED) is 0.739. The second-order valence-corrected chi connectivity index (χ2v) is 8.77. The summed E-state index contributed by atoms with van der Waals surface area (Å²) in [5, 5.41) is 0.736. The van der Waals surface area contributed by atoms with E-state index in [-0.39, 0.29) is 18.3 Å². The Morgan fingerprint density at radius 3 is 2.19 bits per heavy atom. The summed E-state index contributed by atoms with van der Waals surface area (Å²) >= 11 is 0. The second kappa shape index (κ2) is 9.98. The number of ether oxygens (including phenoxy) is 2. The number of piperidine rings is 2. The molecule has 176 valence electrons. The Kier molecular flexibility index (Phi) is 7.54. The molecule has 2 aliphatic heterocycles. The van der Waals surface area contributed by atoms with Crippen LogP contribution in [0.5, 0.6) is 11.5 Å². The van der Waals surface area contributed by atoms with E-state index in [1.165, 1.54) is 6.42 Å². The molecule has 1 aromatic heterocycles. The van der Waals surface area contributed by atoms with Crippen molar-refractivity contribution < 1.29 is 14.3 Å². The molecule has 2 atom stereocenters. The van der Waals surface area contributed by atoms with E-state index in [1.807, 2.05) is 6.07 Å². The summed E-state index contributed by atoms with van der Waals surface area (Å²) in [5.74, 6) is 2.60. The molecule has 1 amide bonds. The number of hydrogen-bond donors (Lipinski definition) is 1. The van der Waals surface area contributed by atoms with Gasteiger partial charge in [0, 0.05) is 42.5 Å². The van der Waals surface area contributed by atoms with Gasteiger partial charge in [0.2, 0.25) is 11.9 Å². The highest BCUT2D eigenvalue weighted by Gasteiger charge is 2.35. The third-order valence-electron chi connectivity index (χ3n) is 6.79. The molecule has 8 nitrogen and oxygen atoms in total. The van der Waals surface area contributed by atoms with Gasteiger partial charge >= 0.3 is 0 Å². The van der Waals surface area contributed by atoms with Crippen molar-refractivity contribution >= 4 is 41.0 Å². The smallest absolute Gasteiger partial charge is 0.227 e. The van der Waals surface area contributed by atoms with Crippen LogP contribution in [0.1, 0.15) is 46.0 Å². The predicted octanol–water partition coefficient (Wildman–Crippen LogP) is 3.66. The Bertz CT molecular complexity index is 954. The summed E-state index contributed by atoms with van der Waals surface area (Å²) in [7, 11) is 3.19. The van der Waals surface area contributed by atoms with Gasteiger partial charge < -0.3 is 25.0 Å². The number of benzene rings is 1. The van der Waals surface area contributed by atoms with Gasteiger partial charge in [0.15, 0.2) is 11.5 Å². The van der Waals surface area contributed by atoms with E-state index in [0.717, 1.165) is 44.2 Å². The monoisotopic (exact) mass is 463 g/mol. The van der Waals surface area contributed by atoms with E-state index in [4.69, 9.17) is 20.2 Å². The van der Waals surface area contributed by atoms with Crippen LogP contribution in [0.15, 0.2) is 12.1 Å². The molecule has 2 N–H and O–H groups in total. The fourth-order valence-corrected chi connectivity index (χ4v) is 5.00. The van der Waals surface area contributed by atoms with E-state index in [2.05, 4.69) is 28.6 Å². The number of aromatic nitrogens is 2. The highest BCUT2D eigenvalue weighted by Crippen LogP contribution is 2.35. The largest absolute Gasteiger partial charge is 0.493 e. The first-order chi connectivity index (χ1) is 14.9. The minimum atomic E-state index is 0. The number of nitrogens with two attached hydrogens (primary N) is 1. The molecule has 0 aliphatic carbocycles. The number of carbonyl (C=O) groups is 1. The van der Waals surface area contributed by atoms with E-state index in [9.17, 15) is 4.79 Å². The lowest BCUT2D eigenvalue weighted by molar-refractivity contribution is -0.142. The van der Waals surface area contributed by atoms with Gasteiger partial charge in [-0.25, -0.2) is 4.98 Å². The Morgan fingerprint density at radius 2 is 1.59 bits per heavy atom. The standard InChI is InChI=1S/C23H33N5O3.ClH/c1-14-6-5-7-15(2)28(14)22(29)16-8-10-27(11-9-16)23-25-18-13-20(31-4)19(30-3)12-17(18)21(24)26-23;/h12-16H,5-11H2,1-4H3,(H2,24,25,26);1H. The van der Waals surface area contributed by atoms with Crippen LogP contribution in [-0.4, -0.2) is 60.2 Å². The average molecular weight is 464 g/mol. The number of likely N-dealkylation sites (tertiary alicyclic amines) is 1. The van der Waals surface area contributed by atoms with Crippen LogP contribution in [0.25, 0.3) is 10.9 Å². The van der Waals surface area contributed by atoms with E-state index < -0.39 is 0 Å². The van der Waals surface area contributed by atoms with Crippen molar-refractivity contribution in [2.24, 2.45) is 5.92 Å². The van der Waals surface area contributed by atoms with Crippen molar-refractivity contribution in [3.63, 3.8) is 0 Å². The number of nitrogens with zero attached hydrogens (tertiary/aromatic N) is 4. The molecule has 2 saturated heterocycles. The molecule has 0 saturated carbocycles. The average Bonchev–Trinajstić information content (AvgIpc) is 2.78. The van der Waals surface area contributed by atoms with Crippen molar-refractivity contribution in [2.45, 2.75) is 58.0 Å². The summed E-state index contributed by atoms with van der Waals surface area (Å²) in [6.07, 6.45) is 5.03. The Balaban J connectivity index is 0.00000289. The van der Waals surface area contributed by atoms with Gasteiger partial charge in [-0.3, -0.25) is 4.79 Å². The summed E-state index contributed by atoms with van der Waals surface area (Å²) in [6.45, 7) is 5.84. The molecule has 0 radical (unpaired) electrons. The molecule has 3 heterocycles. The minimum absolute atomic E-state index is 0. The zero-order valence-electron chi connectivity index (χ0n) is 19.3. The molecule has 2 unspecified atom stereocenters. The highest BCUT2D eigenvalue weighted by atomic mass is 35.5. The number of hydrogen-bond acceptors (Lipinski definition) is 7. The van der Waals surface area contributed by atoms with E-state index >= 15 is 0 Å². The van der Waals surface area contributed by atoms with Crippen LogP contribution in [0, 0.1) is 5.92 Å². The Hall–Kier alpha value is -2.48. The number of nitrogen functional groups attached to an aromatic ring is 1. The maximum absolute atomic E-state index is 13.2. The molecule has 2 aromatic rings. The molecule has 1 aromatic carbocycles. The number of methoxy groups -OCH3 is 2. The van der Waals surface area contributed by atoms with Gasteiger partial charge in [0.05, 0.1) is 19.7 Å². The van der Waals surface area contributed by atoms with Crippen molar-refractivity contribution in [3.05, 3.63) is 12.1 Å². The highest BCUT2D eigenvalue weighted by molar-refractivity contribution is 5.91. The van der Waals surface area contributed by atoms with Crippen LogP contribution in [0.4, 0.5) is 11.8 Å². The number of rotatable bonds is 4. The number of amides is 1. The summed E-state index contributed by atoms with van der Waals surface area (Å²) in [6, 6.07) is 4.30. The molecular weight excluding hydrogens is 430 g/mol. The van der Waals surface area contributed by atoms with Crippen molar-refractivity contribution in [1.82, 2.24) is 14.9 Å². The number of fused-ring (bicyclic) bond motifs is 1. The molecule has 2 aliphatic rings. The molecule has 32 heavy (non-hydrogen) atoms. The fourth-order valence-electron chi connectivity index (χ4n) is 5.00. The van der Waals surface area contributed by atoms with Crippen molar-refractivity contribution in [1.29, 1.82) is 0 Å². The van der Waals surface area contributed by atoms with Crippen molar-refractivity contribution in [3.8, 4) is 11.5 Å². The van der Waals surface area contributed by atoms with E-state index in [1.54, 1.807) is 20.3 Å². The molecule has 9 heteroatoms. The predicted molar refractivity (Wildman–Crippen MR) is 129 cm³/mol. The van der Waals surface area contributed by atoms with Gasteiger partial charge in [-0.15, -0.1) is 12.4 Å². The molecular formula is C23H34ClN5O3. The molecule has 2 fully saturated rings. The fraction of sp³-hybridized carbons (Fsp3) is 0.609. The topological polar surface area (TPSA) is 93.8 Å². The minimum Gasteiger partial charge on any atom is -0.493 e. The van der Waals surface area contributed by atoms with Gasteiger partial charge in [-0.2, -0.15) is 4.98 Å². The first-order valence-electron chi connectivity index (χ1n) is 11.2. The second-order valence-electron chi connectivity index (χ2n) is 8.77. The Morgan fingerprint density at radius 1 is 1.00 bits per heavy atom. The molecule has 4 rings (SSSR count). The summed E-state index contributed by atoms with van der Waals surface area (Å²) in [4.78, 5) is 26.7. The van der Waals surface area contributed by atoms with Crippen LogP contribution in [-0.2, 0) is 4.79 Å². The van der Waals surface area contributed by atoms with Gasteiger partial charge in [0.25, 0.3) is 0 Å². The van der Waals surface area contributed by atoms with E-state index in [0.29, 0.717) is 46.8 Å². The normalized spacial score (nSPS) is 21.9. The van der Waals surface area contributed by atoms with Crippen LogP contribution < -0.4 is 20.1 Å². The van der Waals surface area contributed by atoms with Crippen LogP contribution >= 0.6 is 12.4 Å². The van der Waals surface area contributed by atoms with Gasteiger partial charge in [-0.1, -0.05) is 0 Å². The third kappa shape index (κ3) is 4.51. The summed E-state index contributed by atoms with van der Waals surface area (Å²) in [5.41, 5.74) is 6.96. The number of carbonyl (C=O) groups excluding carboxylic acids is 1. The lowest BCUT2D eigenvalue weighted by Crippen LogP contribution is -2.51. The third-order valence-corrected chi connectivity index (χ3v) is 6.79. The lowest BCUT2D eigenvalue weighted by Gasteiger charge is -2.42. The zero-order chi connectivity index (χ0) is 22.1. The Labute approximate surface area is 195 Å².